The largest absolute Gasteiger partial charge is 0.484 e. The second-order valence-corrected chi connectivity index (χ2v) is 10.8. The number of hydrogen-bond acceptors (Lipinski definition) is 6. The standard InChI is InChI=1S/C29H40N2O5S/c1-22-12-14-24(15-13-22)36-19-29(34)30-16-6-5-11-28(33)31-26(18-23-8-3-2-4-9-23)27(32)21-37-20-25-10-7-17-35-25/h7,10,12-15,17,23,26H,2-6,8-9,11,16,18-21H2,1H3,(H,30,34)(H,31,33)/t26-/m0/s1. The zero-order valence-electron chi connectivity index (χ0n) is 21.8. The van der Waals surface area contributed by atoms with E-state index < -0.39 is 6.04 Å². The van der Waals surface area contributed by atoms with E-state index in [1.165, 1.54) is 31.0 Å². The van der Waals surface area contributed by atoms with Gasteiger partial charge in [-0.25, -0.2) is 0 Å². The van der Waals surface area contributed by atoms with Crippen LogP contribution in [0.2, 0.25) is 0 Å². The number of rotatable bonds is 16. The zero-order valence-corrected chi connectivity index (χ0v) is 22.7. The maximum absolute atomic E-state index is 13.0. The van der Waals surface area contributed by atoms with Gasteiger partial charge in [0.05, 0.1) is 23.8 Å². The molecule has 202 valence electrons. The third kappa shape index (κ3) is 11.5. The van der Waals surface area contributed by atoms with Crippen LogP contribution in [0, 0.1) is 12.8 Å². The summed E-state index contributed by atoms with van der Waals surface area (Å²) in [7, 11) is 0. The Kier molecular flexibility index (Phi) is 12.6. The van der Waals surface area contributed by atoms with E-state index in [1.54, 1.807) is 6.26 Å². The van der Waals surface area contributed by atoms with Gasteiger partial charge in [0.25, 0.3) is 5.91 Å². The lowest BCUT2D eigenvalue weighted by atomic mass is 9.84. The average Bonchev–Trinajstić information content (AvgIpc) is 3.42. The van der Waals surface area contributed by atoms with Gasteiger partial charge in [-0.3, -0.25) is 14.4 Å². The maximum Gasteiger partial charge on any atom is 0.257 e. The number of nitrogens with one attached hydrogen (secondary N) is 2. The molecule has 0 unspecified atom stereocenters. The molecule has 2 aromatic rings. The SMILES string of the molecule is Cc1ccc(OCC(=O)NCCCCC(=O)N[C@@H](CC2CCCCC2)C(=O)CSCc2ccco2)cc1. The number of aryl methyl sites for hydroxylation is 1. The number of ketones is 1. The van der Waals surface area contributed by atoms with Gasteiger partial charge in [0.15, 0.2) is 12.4 Å². The minimum atomic E-state index is -0.432. The molecule has 37 heavy (non-hydrogen) atoms. The van der Waals surface area contributed by atoms with Crippen molar-refractivity contribution in [2.24, 2.45) is 5.92 Å². The molecule has 1 aliphatic rings. The van der Waals surface area contributed by atoms with Crippen LogP contribution in [-0.2, 0) is 20.1 Å². The molecule has 1 aromatic carbocycles. The molecule has 1 heterocycles. The van der Waals surface area contributed by atoms with Gasteiger partial charge in [-0.1, -0.05) is 49.8 Å². The molecule has 0 aliphatic heterocycles. The van der Waals surface area contributed by atoms with Gasteiger partial charge in [-0.05, 0) is 56.4 Å². The lowest BCUT2D eigenvalue weighted by molar-refractivity contribution is -0.127. The number of furan rings is 1. The zero-order chi connectivity index (χ0) is 26.3. The number of amides is 2. The number of benzene rings is 1. The predicted octanol–water partition coefficient (Wildman–Crippen LogP) is 5.21. The Balaban J connectivity index is 1.33. The predicted molar refractivity (Wildman–Crippen MR) is 147 cm³/mol. The third-order valence-electron chi connectivity index (χ3n) is 6.63. The molecule has 2 amide bonds. The smallest absolute Gasteiger partial charge is 0.257 e. The molecule has 8 heteroatoms. The van der Waals surface area contributed by atoms with Crippen LogP contribution in [-0.4, -0.2) is 42.5 Å². The van der Waals surface area contributed by atoms with Crippen molar-refractivity contribution in [3.05, 3.63) is 54.0 Å². The number of carbonyl (C=O) groups excluding carboxylic acids is 3. The quantitative estimate of drug-likeness (QED) is 0.290. The summed E-state index contributed by atoms with van der Waals surface area (Å²) in [6.07, 6.45) is 9.95. The fraction of sp³-hybridized carbons (Fsp3) is 0.552. The molecule has 0 saturated heterocycles. The summed E-state index contributed by atoms with van der Waals surface area (Å²) >= 11 is 1.52. The second kappa shape index (κ2) is 16.2. The Morgan fingerprint density at radius 2 is 1.84 bits per heavy atom. The third-order valence-corrected chi connectivity index (χ3v) is 7.61. The van der Waals surface area contributed by atoms with E-state index in [4.69, 9.17) is 9.15 Å². The van der Waals surface area contributed by atoms with Gasteiger partial charge >= 0.3 is 0 Å². The monoisotopic (exact) mass is 528 g/mol. The number of thioether (sulfide) groups is 1. The van der Waals surface area contributed by atoms with Crippen molar-refractivity contribution in [1.29, 1.82) is 0 Å². The average molecular weight is 529 g/mol. The van der Waals surface area contributed by atoms with Crippen molar-refractivity contribution in [3.8, 4) is 5.75 Å². The highest BCUT2D eigenvalue weighted by molar-refractivity contribution is 7.99. The molecular formula is C29H40N2O5S. The summed E-state index contributed by atoms with van der Waals surface area (Å²) < 4.78 is 10.8. The fourth-order valence-electron chi connectivity index (χ4n) is 4.51. The van der Waals surface area contributed by atoms with E-state index in [1.807, 2.05) is 43.3 Å². The topological polar surface area (TPSA) is 97.6 Å². The Labute approximate surface area is 224 Å². The highest BCUT2D eigenvalue weighted by atomic mass is 32.2. The van der Waals surface area contributed by atoms with Gasteiger partial charge in [0.1, 0.15) is 11.5 Å². The molecule has 0 radical (unpaired) electrons. The lowest BCUT2D eigenvalue weighted by Crippen LogP contribution is -2.43. The molecular weight excluding hydrogens is 488 g/mol. The first kappa shape index (κ1) is 28.8. The summed E-state index contributed by atoms with van der Waals surface area (Å²) in [6, 6.07) is 10.9. The van der Waals surface area contributed by atoms with E-state index in [0.29, 0.717) is 49.0 Å². The van der Waals surface area contributed by atoms with E-state index in [0.717, 1.165) is 30.6 Å². The summed E-state index contributed by atoms with van der Waals surface area (Å²) in [6.45, 7) is 2.44. The van der Waals surface area contributed by atoms with Crippen LogP contribution in [0.5, 0.6) is 5.75 Å². The molecule has 0 bridgehead atoms. The molecule has 0 spiro atoms. The highest BCUT2D eigenvalue weighted by Crippen LogP contribution is 2.28. The van der Waals surface area contributed by atoms with Gasteiger partial charge in [-0.15, -0.1) is 11.8 Å². The Morgan fingerprint density at radius 3 is 2.57 bits per heavy atom. The van der Waals surface area contributed by atoms with Crippen molar-refractivity contribution in [2.45, 2.75) is 76.5 Å². The van der Waals surface area contributed by atoms with Crippen molar-refractivity contribution < 1.29 is 23.5 Å². The van der Waals surface area contributed by atoms with Crippen LogP contribution in [0.1, 0.15) is 69.1 Å². The first-order valence-corrected chi connectivity index (χ1v) is 14.5. The Morgan fingerprint density at radius 1 is 1.05 bits per heavy atom. The fourth-order valence-corrected chi connectivity index (χ4v) is 5.38. The molecule has 1 atom stereocenters. The number of ether oxygens (including phenoxy) is 1. The van der Waals surface area contributed by atoms with Crippen molar-refractivity contribution in [3.63, 3.8) is 0 Å². The molecule has 1 saturated carbocycles. The lowest BCUT2D eigenvalue weighted by Gasteiger charge is -2.26. The number of hydrogen-bond donors (Lipinski definition) is 2. The molecule has 1 fully saturated rings. The minimum Gasteiger partial charge on any atom is -0.484 e. The first-order valence-electron chi connectivity index (χ1n) is 13.4. The summed E-state index contributed by atoms with van der Waals surface area (Å²) in [5.41, 5.74) is 1.13. The van der Waals surface area contributed by atoms with Crippen LogP contribution in [0.15, 0.2) is 47.1 Å². The molecule has 1 aromatic heterocycles. The Hall–Kier alpha value is -2.74. The van der Waals surface area contributed by atoms with Crippen molar-refractivity contribution in [2.75, 3.05) is 18.9 Å². The summed E-state index contributed by atoms with van der Waals surface area (Å²) in [5, 5.41) is 5.84. The van der Waals surface area contributed by atoms with Crippen LogP contribution < -0.4 is 15.4 Å². The minimum absolute atomic E-state index is 0.0353. The van der Waals surface area contributed by atoms with Gasteiger partial charge < -0.3 is 19.8 Å². The van der Waals surface area contributed by atoms with Crippen LogP contribution in [0.25, 0.3) is 0 Å². The van der Waals surface area contributed by atoms with Crippen LogP contribution >= 0.6 is 11.8 Å². The number of carbonyl (C=O) groups is 3. The molecule has 3 rings (SSSR count). The van der Waals surface area contributed by atoms with Crippen molar-refractivity contribution in [1.82, 2.24) is 10.6 Å². The highest BCUT2D eigenvalue weighted by Gasteiger charge is 2.25. The maximum atomic E-state index is 13.0. The molecule has 1 aliphatic carbocycles. The van der Waals surface area contributed by atoms with Gasteiger partial charge in [0, 0.05) is 13.0 Å². The van der Waals surface area contributed by atoms with E-state index >= 15 is 0 Å². The molecule has 7 nitrogen and oxygen atoms in total. The number of Topliss-reactive ketones (excluding diaryl/α,β-unsaturated/α-hetero) is 1. The van der Waals surface area contributed by atoms with Gasteiger partial charge in [0.2, 0.25) is 5.91 Å². The van der Waals surface area contributed by atoms with Crippen LogP contribution in [0.3, 0.4) is 0 Å². The molecule has 2 N–H and O–H groups in total. The summed E-state index contributed by atoms with van der Waals surface area (Å²) in [4.78, 5) is 37.6. The normalized spacial score (nSPS) is 14.6. The Bertz CT molecular complexity index is 955. The summed E-state index contributed by atoms with van der Waals surface area (Å²) in [5.74, 6) is 2.80. The number of unbranched alkanes of at least 4 members (excludes halogenated alkanes) is 1. The van der Waals surface area contributed by atoms with E-state index in [9.17, 15) is 14.4 Å². The van der Waals surface area contributed by atoms with Crippen LogP contribution in [0.4, 0.5) is 0 Å². The van der Waals surface area contributed by atoms with Gasteiger partial charge in [-0.2, -0.15) is 0 Å². The second-order valence-electron chi connectivity index (χ2n) is 9.81. The van der Waals surface area contributed by atoms with E-state index in [-0.39, 0.29) is 24.2 Å². The van der Waals surface area contributed by atoms with E-state index in [2.05, 4.69) is 10.6 Å². The van der Waals surface area contributed by atoms with Crippen molar-refractivity contribution >= 4 is 29.4 Å². The first-order chi connectivity index (χ1) is 18.0.